The number of hydrogen-bond donors (Lipinski definition) is 2. The maximum atomic E-state index is 14.7. The first-order chi connectivity index (χ1) is 16.4. The van der Waals surface area contributed by atoms with Crippen LogP contribution in [0.25, 0.3) is 0 Å². The van der Waals surface area contributed by atoms with Crippen LogP contribution in [-0.2, 0) is 9.53 Å². The SMILES string of the molecule is CCOC(=O)[C@H]1CC[C@H](c2ccc(NC(=O)c3nnc(Nc4cccc(Cl)c4)o3)c(F)c2)CC1. The van der Waals surface area contributed by atoms with E-state index in [-0.39, 0.29) is 35.4 Å². The summed E-state index contributed by atoms with van der Waals surface area (Å²) in [6, 6.07) is 11.6. The highest BCUT2D eigenvalue weighted by Crippen LogP contribution is 2.37. The van der Waals surface area contributed by atoms with Gasteiger partial charge in [0.25, 0.3) is 0 Å². The van der Waals surface area contributed by atoms with Crippen LogP contribution < -0.4 is 10.6 Å². The van der Waals surface area contributed by atoms with Crippen LogP contribution in [0.5, 0.6) is 0 Å². The molecule has 1 aromatic heterocycles. The molecule has 1 heterocycles. The Morgan fingerprint density at radius 3 is 2.65 bits per heavy atom. The first-order valence-corrected chi connectivity index (χ1v) is 11.4. The first-order valence-electron chi connectivity index (χ1n) is 11.1. The lowest BCUT2D eigenvalue weighted by Crippen LogP contribution is -2.23. The number of anilines is 3. The Morgan fingerprint density at radius 2 is 1.94 bits per heavy atom. The number of nitrogens with zero attached hydrogens (tertiary/aromatic N) is 2. The molecule has 0 saturated heterocycles. The van der Waals surface area contributed by atoms with Gasteiger partial charge < -0.3 is 19.8 Å². The zero-order valence-corrected chi connectivity index (χ0v) is 19.3. The summed E-state index contributed by atoms with van der Waals surface area (Å²) >= 11 is 5.94. The van der Waals surface area contributed by atoms with Crippen LogP contribution in [0.1, 0.15) is 54.8 Å². The molecule has 1 aliphatic carbocycles. The van der Waals surface area contributed by atoms with E-state index in [1.807, 2.05) is 0 Å². The summed E-state index contributed by atoms with van der Waals surface area (Å²) in [4.78, 5) is 24.4. The van der Waals surface area contributed by atoms with Crippen LogP contribution in [0.15, 0.2) is 46.9 Å². The second kappa shape index (κ2) is 10.6. The van der Waals surface area contributed by atoms with Crippen molar-refractivity contribution in [2.45, 2.75) is 38.5 Å². The minimum Gasteiger partial charge on any atom is -0.466 e. The van der Waals surface area contributed by atoms with Gasteiger partial charge in [-0.25, -0.2) is 4.39 Å². The molecular weight excluding hydrogens is 463 g/mol. The first kappa shape index (κ1) is 23.7. The second-order valence-corrected chi connectivity index (χ2v) is 8.48. The van der Waals surface area contributed by atoms with Crippen molar-refractivity contribution < 1.29 is 23.1 Å². The van der Waals surface area contributed by atoms with Gasteiger partial charge in [0.15, 0.2) is 0 Å². The van der Waals surface area contributed by atoms with Gasteiger partial charge in [-0.2, -0.15) is 0 Å². The van der Waals surface area contributed by atoms with E-state index < -0.39 is 11.7 Å². The van der Waals surface area contributed by atoms with E-state index >= 15 is 0 Å². The third-order valence-electron chi connectivity index (χ3n) is 5.75. The smallest absolute Gasteiger partial charge is 0.320 e. The lowest BCUT2D eigenvalue weighted by atomic mass is 9.78. The number of esters is 1. The van der Waals surface area contributed by atoms with E-state index in [1.165, 1.54) is 12.1 Å². The van der Waals surface area contributed by atoms with Crippen LogP contribution in [0.4, 0.5) is 21.8 Å². The average Bonchev–Trinajstić information content (AvgIpc) is 3.29. The highest BCUT2D eigenvalue weighted by atomic mass is 35.5. The van der Waals surface area contributed by atoms with Crippen molar-refractivity contribution in [2.24, 2.45) is 5.92 Å². The molecule has 8 nitrogen and oxygen atoms in total. The number of carbonyl (C=O) groups is 2. The van der Waals surface area contributed by atoms with E-state index in [0.717, 1.165) is 18.4 Å². The largest absolute Gasteiger partial charge is 0.466 e. The number of rotatable bonds is 7. The van der Waals surface area contributed by atoms with E-state index in [0.29, 0.717) is 30.2 Å². The van der Waals surface area contributed by atoms with Crippen molar-refractivity contribution in [3.05, 3.63) is 64.8 Å². The zero-order chi connectivity index (χ0) is 24.1. The van der Waals surface area contributed by atoms with Gasteiger partial charge >= 0.3 is 23.8 Å². The van der Waals surface area contributed by atoms with E-state index in [2.05, 4.69) is 20.8 Å². The van der Waals surface area contributed by atoms with Crippen LogP contribution in [0, 0.1) is 11.7 Å². The number of aromatic nitrogens is 2. The van der Waals surface area contributed by atoms with Gasteiger partial charge in [0.05, 0.1) is 18.2 Å². The van der Waals surface area contributed by atoms with Gasteiger partial charge in [-0.3, -0.25) is 9.59 Å². The Morgan fingerprint density at radius 1 is 1.15 bits per heavy atom. The molecule has 1 fully saturated rings. The van der Waals surface area contributed by atoms with E-state index in [1.54, 1.807) is 37.3 Å². The summed E-state index contributed by atoms with van der Waals surface area (Å²) in [5, 5.41) is 13.3. The molecule has 0 bridgehead atoms. The van der Waals surface area contributed by atoms with Crippen LogP contribution in [0.3, 0.4) is 0 Å². The number of halogens is 2. The molecule has 0 unspecified atom stereocenters. The van der Waals surface area contributed by atoms with Crippen molar-refractivity contribution in [2.75, 3.05) is 17.2 Å². The molecule has 34 heavy (non-hydrogen) atoms. The van der Waals surface area contributed by atoms with Crippen molar-refractivity contribution >= 4 is 40.9 Å². The third-order valence-corrected chi connectivity index (χ3v) is 5.99. The lowest BCUT2D eigenvalue weighted by molar-refractivity contribution is -0.149. The Balaban J connectivity index is 1.35. The maximum absolute atomic E-state index is 14.7. The molecule has 1 aliphatic rings. The fourth-order valence-electron chi connectivity index (χ4n) is 4.04. The maximum Gasteiger partial charge on any atom is 0.320 e. The molecule has 3 aromatic rings. The predicted molar refractivity (Wildman–Crippen MR) is 125 cm³/mol. The summed E-state index contributed by atoms with van der Waals surface area (Å²) in [6.07, 6.45) is 2.98. The predicted octanol–water partition coefficient (Wildman–Crippen LogP) is 5.69. The van der Waals surface area contributed by atoms with Crippen molar-refractivity contribution in [3.8, 4) is 0 Å². The van der Waals surface area contributed by atoms with E-state index in [9.17, 15) is 14.0 Å². The molecule has 0 spiro atoms. The normalized spacial score (nSPS) is 17.7. The molecule has 2 aromatic carbocycles. The highest BCUT2D eigenvalue weighted by molar-refractivity contribution is 6.30. The highest BCUT2D eigenvalue weighted by Gasteiger charge is 2.28. The quantitative estimate of drug-likeness (QED) is 0.413. The van der Waals surface area contributed by atoms with Gasteiger partial charge in [-0.1, -0.05) is 28.8 Å². The molecule has 10 heteroatoms. The number of nitrogens with one attached hydrogen (secondary N) is 2. The molecule has 0 radical (unpaired) electrons. The summed E-state index contributed by atoms with van der Waals surface area (Å²) in [5.74, 6) is -1.70. The summed E-state index contributed by atoms with van der Waals surface area (Å²) in [5.41, 5.74) is 1.46. The van der Waals surface area contributed by atoms with Crippen LogP contribution in [0.2, 0.25) is 5.02 Å². The van der Waals surface area contributed by atoms with Crippen molar-refractivity contribution in [3.63, 3.8) is 0 Å². The molecular formula is C24H24ClFN4O4. The fraction of sp³-hybridized carbons (Fsp3) is 0.333. The zero-order valence-electron chi connectivity index (χ0n) is 18.5. The Bertz CT molecular complexity index is 1180. The van der Waals surface area contributed by atoms with Gasteiger partial charge in [0.1, 0.15) is 5.82 Å². The van der Waals surface area contributed by atoms with E-state index in [4.69, 9.17) is 20.8 Å². The molecule has 2 N–H and O–H groups in total. The summed E-state index contributed by atoms with van der Waals surface area (Å²) in [6.45, 7) is 2.17. The monoisotopic (exact) mass is 486 g/mol. The lowest BCUT2D eigenvalue weighted by Gasteiger charge is -2.27. The van der Waals surface area contributed by atoms with Crippen molar-refractivity contribution in [1.82, 2.24) is 10.2 Å². The molecule has 1 saturated carbocycles. The second-order valence-electron chi connectivity index (χ2n) is 8.04. The topological polar surface area (TPSA) is 106 Å². The Hall–Kier alpha value is -3.46. The number of benzene rings is 2. The molecule has 178 valence electrons. The van der Waals surface area contributed by atoms with Gasteiger partial charge in [0, 0.05) is 10.7 Å². The number of carbonyl (C=O) groups excluding carboxylic acids is 2. The number of amides is 1. The van der Waals surface area contributed by atoms with Crippen LogP contribution >= 0.6 is 11.6 Å². The Labute approximate surface area is 200 Å². The third kappa shape index (κ3) is 5.72. The van der Waals surface area contributed by atoms with Crippen LogP contribution in [-0.4, -0.2) is 28.7 Å². The molecule has 0 aliphatic heterocycles. The number of ether oxygens (including phenoxy) is 1. The van der Waals surface area contributed by atoms with Gasteiger partial charge in [-0.05, 0) is 74.4 Å². The molecule has 4 rings (SSSR count). The fourth-order valence-corrected chi connectivity index (χ4v) is 4.23. The average molecular weight is 487 g/mol. The summed E-state index contributed by atoms with van der Waals surface area (Å²) in [7, 11) is 0. The minimum absolute atomic E-state index is 0.00153. The van der Waals surface area contributed by atoms with Gasteiger partial charge in [0.2, 0.25) is 0 Å². The van der Waals surface area contributed by atoms with Crippen molar-refractivity contribution in [1.29, 1.82) is 0 Å². The standard InChI is InChI=1S/C24H24ClFN4O4/c1-2-33-23(32)15-8-6-14(7-9-15)16-10-11-20(19(26)12-16)28-21(31)22-29-30-24(34-22)27-18-5-3-4-17(25)13-18/h3-5,10-15H,2,6-9H2,1H3,(H,27,30)(H,28,31)/t14-,15-. The minimum atomic E-state index is -0.728. The Kier molecular flexibility index (Phi) is 7.42. The molecule has 1 amide bonds. The molecule has 0 atom stereocenters. The number of hydrogen-bond acceptors (Lipinski definition) is 7. The summed E-state index contributed by atoms with van der Waals surface area (Å²) < 4.78 is 25.2. The van der Waals surface area contributed by atoms with Gasteiger partial charge in [-0.15, -0.1) is 5.10 Å².